The molecule has 0 aliphatic carbocycles. The first-order valence-electron chi connectivity index (χ1n) is 8.65. The Kier molecular flexibility index (Phi) is 5.91. The second-order valence-electron chi connectivity index (χ2n) is 5.99. The van der Waals surface area contributed by atoms with Gasteiger partial charge in [-0.1, -0.05) is 18.2 Å². The number of carbonyl (C=O) groups is 2. The lowest BCUT2D eigenvalue weighted by molar-refractivity contribution is -0.114. The Labute approximate surface area is 163 Å². The van der Waals surface area contributed by atoms with Crippen LogP contribution in [0.25, 0.3) is 0 Å². The van der Waals surface area contributed by atoms with E-state index < -0.39 is 0 Å². The number of rotatable bonds is 6. The van der Waals surface area contributed by atoms with E-state index in [2.05, 4.69) is 10.6 Å². The average Bonchev–Trinajstić information content (AvgIpc) is 2.70. The number of hydrogen-bond donors (Lipinski definition) is 2. The zero-order valence-electron chi connectivity index (χ0n) is 15.6. The van der Waals surface area contributed by atoms with E-state index >= 15 is 0 Å². The summed E-state index contributed by atoms with van der Waals surface area (Å²) >= 11 is 0. The first-order valence-corrected chi connectivity index (χ1v) is 8.65. The molecule has 0 radical (unpaired) electrons. The molecule has 3 aromatic carbocycles. The third-order valence-corrected chi connectivity index (χ3v) is 3.88. The van der Waals surface area contributed by atoms with Crippen LogP contribution < -0.4 is 20.1 Å². The first kappa shape index (κ1) is 19.0. The minimum Gasteiger partial charge on any atom is -0.497 e. The van der Waals surface area contributed by atoms with Gasteiger partial charge in [-0.3, -0.25) is 9.59 Å². The Morgan fingerprint density at radius 3 is 2.04 bits per heavy atom. The molecule has 0 aliphatic rings. The van der Waals surface area contributed by atoms with Crippen LogP contribution in [0.1, 0.15) is 17.3 Å². The minimum absolute atomic E-state index is 0.233. The zero-order chi connectivity index (χ0) is 19.9. The number of carbonyl (C=O) groups excluding carboxylic acids is 2. The predicted molar refractivity (Wildman–Crippen MR) is 108 cm³/mol. The van der Waals surface area contributed by atoms with Crippen molar-refractivity contribution >= 4 is 23.2 Å². The van der Waals surface area contributed by atoms with E-state index in [0.29, 0.717) is 28.4 Å². The van der Waals surface area contributed by atoms with Gasteiger partial charge in [-0.05, 0) is 48.5 Å². The van der Waals surface area contributed by atoms with Crippen LogP contribution in [-0.2, 0) is 4.79 Å². The molecule has 2 amide bonds. The van der Waals surface area contributed by atoms with E-state index in [9.17, 15) is 9.59 Å². The molecule has 6 nitrogen and oxygen atoms in total. The number of para-hydroxylation sites is 1. The molecular weight excluding hydrogens is 356 g/mol. The van der Waals surface area contributed by atoms with Crippen molar-refractivity contribution < 1.29 is 19.1 Å². The van der Waals surface area contributed by atoms with Gasteiger partial charge in [0.1, 0.15) is 17.2 Å². The third-order valence-electron chi connectivity index (χ3n) is 3.88. The molecule has 0 fully saturated rings. The number of ether oxygens (including phenoxy) is 2. The molecule has 2 N–H and O–H groups in total. The lowest BCUT2D eigenvalue weighted by atomic mass is 10.2. The van der Waals surface area contributed by atoms with Gasteiger partial charge in [0.15, 0.2) is 0 Å². The number of nitrogens with one attached hydrogen (secondary N) is 2. The van der Waals surface area contributed by atoms with E-state index in [0.717, 1.165) is 5.75 Å². The normalized spacial score (nSPS) is 10.1. The standard InChI is InChI=1S/C22H20N2O4/c1-15(25)23-20-13-12-19(27-2)14-21(20)24-22(26)16-8-10-18(11-9-16)28-17-6-4-3-5-7-17/h3-14H,1-2H3,(H,23,25)(H,24,26). The molecule has 0 bridgehead atoms. The molecule has 0 aromatic heterocycles. The molecule has 0 atom stereocenters. The van der Waals surface area contributed by atoms with Crippen LogP contribution in [-0.4, -0.2) is 18.9 Å². The largest absolute Gasteiger partial charge is 0.497 e. The monoisotopic (exact) mass is 376 g/mol. The van der Waals surface area contributed by atoms with Crippen molar-refractivity contribution in [2.45, 2.75) is 6.92 Å². The second kappa shape index (κ2) is 8.73. The van der Waals surface area contributed by atoms with Crippen molar-refractivity contribution in [2.24, 2.45) is 0 Å². The van der Waals surface area contributed by atoms with Crippen molar-refractivity contribution in [2.75, 3.05) is 17.7 Å². The van der Waals surface area contributed by atoms with Crippen molar-refractivity contribution in [3.05, 3.63) is 78.4 Å². The van der Waals surface area contributed by atoms with E-state index in [-0.39, 0.29) is 11.8 Å². The van der Waals surface area contributed by atoms with Crippen LogP contribution in [0.2, 0.25) is 0 Å². The minimum atomic E-state index is -0.314. The molecule has 0 unspecified atom stereocenters. The predicted octanol–water partition coefficient (Wildman–Crippen LogP) is 4.70. The molecule has 0 spiro atoms. The van der Waals surface area contributed by atoms with Crippen LogP contribution in [0.5, 0.6) is 17.2 Å². The summed E-state index contributed by atoms with van der Waals surface area (Å²) in [5.41, 5.74) is 1.40. The van der Waals surface area contributed by atoms with Gasteiger partial charge in [0.25, 0.3) is 5.91 Å². The highest BCUT2D eigenvalue weighted by molar-refractivity contribution is 6.07. The van der Waals surface area contributed by atoms with Crippen LogP contribution in [0.15, 0.2) is 72.8 Å². The molecule has 142 valence electrons. The number of anilines is 2. The highest BCUT2D eigenvalue weighted by Gasteiger charge is 2.12. The number of methoxy groups -OCH3 is 1. The molecule has 28 heavy (non-hydrogen) atoms. The van der Waals surface area contributed by atoms with Gasteiger partial charge in [-0.25, -0.2) is 0 Å². The number of hydrogen-bond acceptors (Lipinski definition) is 4. The lowest BCUT2D eigenvalue weighted by Crippen LogP contribution is -2.15. The Morgan fingerprint density at radius 2 is 1.39 bits per heavy atom. The average molecular weight is 376 g/mol. The van der Waals surface area contributed by atoms with Gasteiger partial charge in [0, 0.05) is 18.6 Å². The maximum Gasteiger partial charge on any atom is 0.255 e. The van der Waals surface area contributed by atoms with Crippen LogP contribution in [0, 0.1) is 0 Å². The fourth-order valence-electron chi connectivity index (χ4n) is 2.55. The van der Waals surface area contributed by atoms with E-state index in [4.69, 9.17) is 9.47 Å². The summed E-state index contributed by atoms with van der Waals surface area (Å²) < 4.78 is 10.9. The summed E-state index contributed by atoms with van der Waals surface area (Å²) in [6.07, 6.45) is 0. The Balaban J connectivity index is 1.75. The van der Waals surface area contributed by atoms with E-state index in [1.54, 1.807) is 42.5 Å². The summed E-state index contributed by atoms with van der Waals surface area (Å²) in [4.78, 5) is 24.0. The highest BCUT2D eigenvalue weighted by atomic mass is 16.5. The zero-order valence-corrected chi connectivity index (χ0v) is 15.6. The molecule has 0 heterocycles. The smallest absolute Gasteiger partial charge is 0.255 e. The van der Waals surface area contributed by atoms with Gasteiger partial charge in [-0.2, -0.15) is 0 Å². The maximum atomic E-state index is 12.6. The van der Waals surface area contributed by atoms with Crippen molar-refractivity contribution in [1.82, 2.24) is 0 Å². The van der Waals surface area contributed by atoms with Crippen LogP contribution >= 0.6 is 0 Å². The molecule has 3 rings (SSSR count). The summed E-state index contributed by atoms with van der Waals surface area (Å²) in [7, 11) is 1.53. The van der Waals surface area contributed by atoms with Gasteiger partial charge in [0.05, 0.1) is 18.5 Å². The topological polar surface area (TPSA) is 76.7 Å². The summed E-state index contributed by atoms with van der Waals surface area (Å²) in [5.74, 6) is 1.37. The van der Waals surface area contributed by atoms with Crippen molar-refractivity contribution in [3.63, 3.8) is 0 Å². The third kappa shape index (κ3) is 4.88. The van der Waals surface area contributed by atoms with Crippen LogP contribution in [0.4, 0.5) is 11.4 Å². The summed E-state index contributed by atoms with van der Waals surface area (Å²) in [6, 6.07) is 21.2. The quantitative estimate of drug-likeness (QED) is 0.654. The highest BCUT2D eigenvalue weighted by Crippen LogP contribution is 2.28. The van der Waals surface area contributed by atoms with Crippen molar-refractivity contribution in [3.8, 4) is 17.2 Å². The number of amides is 2. The Bertz CT molecular complexity index is 970. The van der Waals surface area contributed by atoms with Gasteiger partial charge in [0.2, 0.25) is 5.91 Å². The first-order chi connectivity index (χ1) is 13.5. The molecule has 6 heteroatoms. The molecule has 0 aliphatic heterocycles. The second-order valence-corrected chi connectivity index (χ2v) is 5.99. The molecule has 3 aromatic rings. The maximum absolute atomic E-state index is 12.6. The molecular formula is C22H20N2O4. The van der Waals surface area contributed by atoms with E-state index in [1.807, 2.05) is 30.3 Å². The Hall–Kier alpha value is -3.80. The van der Waals surface area contributed by atoms with Gasteiger partial charge in [-0.15, -0.1) is 0 Å². The lowest BCUT2D eigenvalue weighted by Gasteiger charge is -2.13. The van der Waals surface area contributed by atoms with Crippen LogP contribution in [0.3, 0.4) is 0 Å². The Morgan fingerprint density at radius 1 is 0.750 bits per heavy atom. The fraction of sp³-hybridized carbons (Fsp3) is 0.0909. The van der Waals surface area contributed by atoms with Gasteiger partial charge >= 0.3 is 0 Å². The summed E-state index contributed by atoms with van der Waals surface area (Å²) in [5, 5.41) is 5.49. The van der Waals surface area contributed by atoms with E-state index in [1.165, 1.54) is 14.0 Å². The number of benzene rings is 3. The van der Waals surface area contributed by atoms with Gasteiger partial charge < -0.3 is 20.1 Å². The van der Waals surface area contributed by atoms with Crippen molar-refractivity contribution in [1.29, 1.82) is 0 Å². The fourth-order valence-corrected chi connectivity index (χ4v) is 2.55. The molecule has 0 saturated heterocycles. The SMILES string of the molecule is COc1ccc(NC(C)=O)c(NC(=O)c2ccc(Oc3ccccc3)cc2)c1. The molecule has 0 saturated carbocycles. The summed E-state index contributed by atoms with van der Waals surface area (Å²) in [6.45, 7) is 1.40.